The number of nitrogens with one attached hydrogen (secondary N) is 1. The van der Waals surface area contributed by atoms with Crippen LogP contribution in [0.5, 0.6) is 5.75 Å². The standard InChI is InChI=1S/C31H38N6O5/c1-40-21-23-19-37(34-33-23)26-12-11-24-13-16-41-28-10-6-5-9-25(28)31(39)36-15-14-35(18-22-7-3-2-4-8-22)20-27(36)30(38)32-17-29(26)42-24/h2-10,19,24,26-27,29H,11-18,20-21H2,1H3,(H,32,38)/t24-,26+,27-,29+/m0/s1. The van der Waals surface area contributed by atoms with Gasteiger partial charge in [-0.3, -0.25) is 14.5 Å². The van der Waals surface area contributed by atoms with E-state index >= 15 is 0 Å². The largest absolute Gasteiger partial charge is 0.493 e. The molecule has 1 N–H and O–H groups in total. The average Bonchev–Trinajstić information content (AvgIpc) is 3.48. The first-order valence-electron chi connectivity index (χ1n) is 14.7. The molecule has 42 heavy (non-hydrogen) atoms. The number of aromatic nitrogens is 3. The third kappa shape index (κ3) is 6.33. The van der Waals surface area contributed by atoms with Gasteiger partial charge in [0, 0.05) is 46.3 Å². The number of fused-ring (bicyclic) bond motifs is 4. The lowest BCUT2D eigenvalue weighted by molar-refractivity contribution is -0.130. The zero-order valence-electron chi connectivity index (χ0n) is 23.9. The van der Waals surface area contributed by atoms with Crippen LogP contribution < -0.4 is 10.1 Å². The van der Waals surface area contributed by atoms with Crippen LogP contribution in [0.2, 0.25) is 0 Å². The van der Waals surface area contributed by atoms with Crippen LogP contribution >= 0.6 is 0 Å². The highest BCUT2D eigenvalue weighted by atomic mass is 16.5. The van der Waals surface area contributed by atoms with Crippen LogP contribution in [0.4, 0.5) is 0 Å². The summed E-state index contributed by atoms with van der Waals surface area (Å²) in [6.07, 6.45) is 3.86. The third-order valence-electron chi connectivity index (χ3n) is 8.34. The minimum absolute atomic E-state index is 0.0385. The van der Waals surface area contributed by atoms with Crippen LogP contribution in [-0.2, 0) is 27.4 Å². The van der Waals surface area contributed by atoms with E-state index in [-0.39, 0.29) is 30.1 Å². The molecule has 0 unspecified atom stereocenters. The average molecular weight is 575 g/mol. The summed E-state index contributed by atoms with van der Waals surface area (Å²) >= 11 is 0. The van der Waals surface area contributed by atoms with Crippen molar-refractivity contribution in [1.29, 1.82) is 0 Å². The molecule has 2 fully saturated rings. The first-order valence-corrected chi connectivity index (χ1v) is 14.7. The first kappa shape index (κ1) is 28.3. The highest BCUT2D eigenvalue weighted by Crippen LogP contribution is 2.31. The van der Waals surface area contributed by atoms with E-state index in [1.54, 1.807) is 18.1 Å². The number of ether oxygens (including phenoxy) is 3. The predicted octanol–water partition coefficient (Wildman–Crippen LogP) is 2.44. The molecule has 3 aliphatic heterocycles. The van der Waals surface area contributed by atoms with Crippen LogP contribution in [0, 0.1) is 0 Å². The van der Waals surface area contributed by atoms with Crippen molar-refractivity contribution >= 4 is 11.8 Å². The van der Waals surface area contributed by atoms with Gasteiger partial charge in [0.2, 0.25) is 5.91 Å². The second kappa shape index (κ2) is 13.0. The number of amides is 2. The molecule has 6 rings (SSSR count). The van der Waals surface area contributed by atoms with Gasteiger partial charge in [-0.05, 0) is 30.5 Å². The van der Waals surface area contributed by atoms with E-state index in [1.165, 1.54) is 5.56 Å². The SMILES string of the molecule is COCc1cn([C@@H]2CC[C@H]3CCOc4ccccc4C(=O)N4CCN(Cc5ccccc5)C[C@H]4C(=O)NC[C@H]2O3)nn1. The summed E-state index contributed by atoms with van der Waals surface area (Å²) in [5.74, 6) is 0.147. The van der Waals surface area contributed by atoms with Crippen molar-refractivity contribution in [3.63, 3.8) is 0 Å². The summed E-state index contributed by atoms with van der Waals surface area (Å²) in [4.78, 5) is 31.8. The maximum absolute atomic E-state index is 13.9. The fourth-order valence-electron chi connectivity index (χ4n) is 6.17. The van der Waals surface area contributed by atoms with Crippen molar-refractivity contribution < 1.29 is 23.8 Å². The number of rotatable bonds is 5. The van der Waals surface area contributed by atoms with Crippen molar-refractivity contribution in [1.82, 2.24) is 30.1 Å². The lowest BCUT2D eigenvalue weighted by atomic mass is 9.96. The number of hydrogen-bond donors (Lipinski definition) is 1. The Hall–Kier alpha value is -3.80. The third-order valence-corrected chi connectivity index (χ3v) is 8.34. The smallest absolute Gasteiger partial charge is 0.258 e. The molecule has 222 valence electrons. The normalized spacial score (nSPS) is 25.5. The van der Waals surface area contributed by atoms with E-state index in [0.717, 1.165) is 18.5 Å². The number of benzene rings is 2. The molecule has 4 atom stereocenters. The van der Waals surface area contributed by atoms with Crippen molar-refractivity contribution in [3.8, 4) is 5.75 Å². The number of para-hydroxylation sites is 1. The molecule has 11 nitrogen and oxygen atoms in total. The van der Waals surface area contributed by atoms with Crippen LogP contribution in [-0.4, -0.2) is 94.8 Å². The Labute approximate surface area is 245 Å². The lowest BCUT2D eigenvalue weighted by Gasteiger charge is -2.41. The maximum atomic E-state index is 13.9. The van der Waals surface area contributed by atoms with Gasteiger partial charge < -0.3 is 24.4 Å². The molecule has 3 aliphatic rings. The highest BCUT2D eigenvalue weighted by molar-refractivity contribution is 6.00. The summed E-state index contributed by atoms with van der Waals surface area (Å²) in [5.41, 5.74) is 2.39. The fourth-order valence-corrected chi connectivity index (χ4v) is 6.17. The monoisotopic (exact) mass is 574 g/mol. The summed E-state index contributed by atoms with van der Waals surface area (Å²) in [6.45, 7) is 3.33. The Balaban J connectivity index is 1.27. The van der Waals surface area contributed by atoms with Gasteiger partial charge in [0.15, 0.2) is 0 Å². The Morgan fingerprint density at radius 2 is 1.86 bits per heavy atom. The van der Waals surface area contributed by atoms with Gasteiger partial charge >= 0.3 is 0 Å². The van der Waals surface area contributed by atoms with Crippen LogP contribution in [0.15, 0.2) is 60.8 Å². The van der Waals surface area contributed by atoms with Crippen molar-refractivity contribution in [3.05, 3.63) is 77.6 Å². The van der Waals surface area contributed by atoms with E-state index < -0.39 is 6.04 Å². The fraction of sp³-hybridized carbons (Fsp3) is 0.484. The molecule has 2 aromatic carbocycles. The minimum atomic E-state index is -0.663. The van der Waals surface area contributed by atoms with Crippen molar-refractivity contribution in [2.24, 2.45) is 0 Å². The lowest BCUT2D eigenvalue weighted by Crippen LogP contribution is -2.61. The number of methoxy groups -OCH3 is 1. The topological polar surface area (TPSA) is 111 Å². The van der Waals surface area contributed by atoms with Gasteiger partial charge in [-0.2, -0.15) is 0 Å². The number of piperazine rings is 1. The predicted molar refractivity (Wildman–Crippen MR) is 154 cm³/mol. The van der Waals surface area contributed by atoms with Gasteiger partial charge in [-0.15, -0.1) is 5.10 Å². The Kier molecular flexibility index (Phi) is 8.78. The molecule has 2 bridgehead atoms. The summed E-state index contributed by atoms with van der Waals surface area (Å²) in [7, 11) is 1.63. The van der Waals surface area contributed by atoms with Crippen molar-refractivity contribution in [2.75, 3.05) is 39.9 Å². The summed E-state index contributed by atoms with van der Waals surface area (Å²) in [5, 5.41) is 11.7. The molecule has 11 heteroatoms. The highest BCUT2D eigenvalue weighted by Gasteiger charge is 2.39. The molecule has 2 amide bonds. The zero-order valence-corrected chi connectivity index (χ0v) is 23.9. The molecular formula is C31H38N6O5. The van der Waals surface area contributed by atoms with E-state index in [2.05, 4.69) is 32.7 Å². The zero-order chi connectivity index (χ0) is 28.9. The van der Waals surface area contributed by atoms with E-state index in [9.17, 15) is 9.59 Å². The van der Waals surface area contributed by atoms with Crippen LogP contribution in [0.1, 0.15) is 46.9 Å². The van der Waals surface area contributed by atoms with E-state index in [1.807, 2.05) is 47.3 Å². The molecule has 2 saturated heterocycles. The maximum Gasteiger partial charge on any atom is 0.258 e. The molecule has 0 aliphatic carbocycles. The second-order valence-electron chi connectivity index (χ2n) is 11.2. The number of carbonyl (C=O) groups excluding carboxylic acids is 2. The van der Waals surface area contributed by atoms with E-state index in [4.69, 9.17) is 14.2 Å². The molecule has 3 aromatic rings. The molecule has 0 spiro atoms. The van der Waals surface area contributed by atoms with Gasteiger partial charge in [0.1, 0.15) is 17.5 Å². The number of nitrogens with zero attached hydrogens (tertiary/aromatic N) is 5. The molecule has 1 aromatic heterocycles. The Morgan fingerprint density at radius 3 is 2.71 bits per heavy atom. The second-order valence-corrected chi connectivity index (χ2v) is 11.2. The van der Waals surface area contributed by atoms with Crippen molar-refractivity contribution in [2.45, 2.75) is 56.7 Å². The van der Waals surface area contributed by atoms with Crippen LogP contribution in [0.25, 0.3) is 0 Å². The van der Waals surface area contributed by atoms with Gasteiger partial charge in [0.05, 0.1) is 43.2 Å². The van der Waals surface area contributed by atoms with Gasteiger partial charge in [-0.1, -0.05) is 47.7 Å². The number of carbonyl (C=O) groups is 2. The van der Waals surface area contributed by atoms with Gasteiger partial charge in [-0.25, -0.2) is 4.68 Å². The quantitative estimate of drug-likeness (QED) is 0.495. The minimum Gasteiger partial charge on any atom is -0.493 e. The Bertz CT molecular complexity index is 1370. The van der Waals surface area contributed by atoms with E-state index in [0.29, 0.717) is 63.7 Å². The first-order chi connectivity index (χ1) is 20.6. The molecule has 0 radical (unpaired) electrons. The molecule has 0 saturated carbocycles. The summed E-state index contributed by atoms with van der Waals surface area (Å²) < 4.78 is 19.8. The van der Waals surface area contributed by atoms with Gasteiger partial charge in [0.25, 0.3) is 5.91 Å². The Morgan fingerprint density at radius 1 is 1.02 bits per heavy atom. The summed E-state index contributed by atoms with van der Waals surface area (Å²) in [6, 6.07) is 16.7. The molecule has 4 heterocycles. The number of hydrogen-bond acceptors (Lipinski definition) is 8. The van der Waals surface area contributed by atoms with Crippen LogP contribution in [0.3, 0.4) is 0 Å². The molecular weight excluding hydrogens is 536 g/mol.